The molecule has 0 saturated carbocycles. The first-order valence-corrected chi connectivity index (χ1v) is 11.0. The normalized spacial score (nSPS) is 12.2. The van der Waals surface area contributed by atoms with Gasteiger partial charge in [0.05, 0.1) is 12.2 Å². The van der Waals surface area contributed by atoms with E-state index in [2.05, 4.69) is 9.50 Å². The van der Waals surface area contributed by atoms with Gasteiger partial charge in [-0.25, -0.2) is 4.39 Å². The van der Waals surface area contributed by atoms with Gasteiger partial charge in [0.1, 0.15) is 17.2 Å². The zero-order valence-electron chi connectivity index (χ0n) is 17.6. The first kappa shape index (κ1) is 24.4. The van der Waals surface area contributed by atoms with Crippen LogP contribution in [0.2, 0.25) is 0 Å². The van der Waals surface area contributed by atoms with Crippen LogP contribution in [-0.2, 0) is 10.1 Å². The van der Waals surface area contributed by atoms with Crippen molar-refractivity contribution in [2.24, 2.45) is 5.92 Å². The highest BCUT2D eigenvalue weighted by Gasteiger charge is 2.49. The Morgan fingerprint density at radius 3 is 2.30 bits per heavy atom. The van der Waals surface area contributed by atoms with E-state index in [0.717, 1.165) is 24.3 Å². The van der Waals surface area contributed by atoms with Crippen LogP contribution in [0.3, 0.4) is 0 Å². The Labute approximate surface area is 186 Å². The van der Waals surface area contributed by atoms with Crippen LogP contribution in [-0.4, -0.2) is 33.5 Å². The molecule has 1 heterocycles. The molecule has 0 aliphatic rings. The number of hydrogen-bond donors (Lipinski definition) is 1. The van der Waals surface area contributed by atoms with E-state index in [1.807, 2.05) is 0 Å². The molecular formula is C21H19F4NO6S. The molecule has 2 aromatic carbocycles. The summed E-state index contributed by atoms with van der Waals surface area (Å²) in [5, 5.41) is 2.35. The van der Waals surface area contributed by atoms with Gasteiger partial charge < -0.3 is 18.7 Å². The van der Waals surface area contributed by atoms with E-state index in [4.69, 9.17) is 9.15 Å². The van der Waals surface area contributed by atoms with Gasteiger partial charge in [-0.2, -0.15) is 21.6 Å². The van der Waals surface area contributed by atoms with Crippen molar-refractivity contribution in [3.63, 3.8) is 0 Å². The standard InChI is InChI=1S/C21H19F4NO6S/c1-11(2)10-30-16-9-15-14(8-17(16)32-33(28,29)21(23,24)25)18(20(27)26-3)19(31-15)12-4-6-13(22)7-5-12/h4-9,11H,10H2,1-3H3,(H,26,27). The molecule has 0 atom stereocenters. The average Bonchev–Trinajstić information content (AvgIpc) is 3.09. The number of fused-ring (bicyclic) bond motifs is 1. The molecule has 0 radical (unpaired) electrons. The molecule has 178 valence electrons. The highest BCUT2D eigenvalue weighted by molar-refractivity contribution is 7.88. The molecular weight excluding hydrogens is 470 g/mol. The zero-order chi connectivity index (χ0) is 24.6. The van der Waals surface area contributed by atoms with Crippen LogP contribution in [0.5, 0.6) is 11.5 Å². The third-order valence-electron chi connectivity index (χ3n) is 4.37. The second-order valence-electron chi connectivity index (χ2n) is 7.38. The van der Waals surface area contributed by atoms with Gasteiger partial charge in [-0.3, -0.25) is 4.79 Å². The summed E-state index contributed by atoms with van der Waals surface area (Å²) in [5.74, 6) is -2.36. The number of carbonyl (C=O) groups excluding carboxylic acids is 1. The molecule has 0 spiro atoms. The SMILES string of the molecule is CNC(=O)c1c(-c2ccc(F)cc2)oc2cc(OCC(C)C)c(OS(=O)(=O)C(F)(F)F)cc12. The molecule has 0 unspecified atom stereocenters. The number of alkyl halides is 3. The van der Waals surface area contributed by atoms with Crippen molar-refractivity contribution >= 4 is 27.0 Å². The lowest BCUT2D eigenvalue weighted by Gasteiger charge is -2.15. The molecule has 12 heteroatoms. The molecule has 7 nitrogen and oxygen atoms in total. The van der Waals surface area contributed by atoms with Gasteiger partial charge in [0.25, 0.3) is 5.91 Å². The average molecular weight is 489 g/mol. The zero-order valence-corrected chi connectivity index (χ0v) is 18.4. The monoisotopic (exact) mass is 489 g/mol. The summed E-state index contributed by atoms with van der Waals surface area (Å²) in [6.07, 6.45) is 0. The molecule has 0 fully saturated rings. The Hall–Kier alpha value is -3.28. The molecule has 3 rings (SSSR count). The van der Waals surface area contributed by atoms with Crippen LogP contribution in [0.4, 0.5) is 17.6 Å². The Morgan fingerprint density at radius 1 is 1.12 bits per heavy atom. The molecule has 0 saturated heterocycles. The molecule has 0 aliphatic carbocycles. The van der Waals surface area contributed by atoms with Gasteiger partial charge in [0, 0.05) is 24.1 Å². The van der Waals surface area contributed by atoms with E-state index < -0.39 is 33.1 Å². The van der Waals surface area contributed by atoms with Gasteiger partial charge in [0.2, 0.25) is 0 Å². The van der Waals surface area contributed by atoms with E-state index in [-0.39, 0.29) is 40.6 Å². The fourth-order valence-corrected chi connectivity index (χ4v) is 3.32. The molecule has 0 bridgehead atoms. The van der Waals surface area contributed by atoms with E-state index in [1.54, 1.807) is 13.8 Å². The van der Waals surface area contributed by atoms with Crippen LogP contribution in [0.25, 0.3) is 22.3 Å². The van der Waals surface area contributed by atoms with Crippen molar-refractivity contribution in [3.05, 3.63) is 47.8 Å². The van der Waals surface area contributed by atoms with Crippen LogP contribution in [0.1, 0.15) is 24.2 Å². The lowest BCUT2D eigenvalue weighted by atomic mass is 10.0. The van der Waals surface area contributed by atoms with Crippen LogP contribution in [0.15, 0.2) is 40.8 Å². The lowest BCUT2D eigenvalue weighted by Crippen LogP contribution is -2.28. The summed E-state index contributed by atoms with van der Waals surface area (Å²) in [6, 6.07) is 7.03. The van der Waals surface area contributed by atoms with Gasteiger partial charge >= 0.3 is 15.6 Å². The highest BCUT2D eigenvalue weighted by atomic mass is 32.2. The van der Waals surface area contributed by atoms with Crippen molar-refractivity contribution in [3.8, 4) is 22.8 Å². The smallest absolute Gasteiger partial charge is 0.489 e. The predicted octanol–water partition coefficient (Wildman–Crippen LogP) is 4.86. The molecule has 1 amide bonds. The third-order valence-corrected chi connectivity index (χ3v) is 5.34. The van der Waals surface area contributed by atoms with E-state index in [0.29, 0.717) is 5.56 Å². The minimum Gasteiger partial charge on any atom is -0.489 e. The Morgan fingerprint density at radius 2 is 1.76 bits per heavy atom. The molecule has 3 aromatic rings. The first-order valence-electron chi connectivity index (χ1n) is 9.56. The summed E-state index contributed by atoms with van der Waals surface area (Å²) < 4.78 is 91.0. The summed E-state index contributed by atoms with van der Waals surface area (Å²) in [4.78, 5) is 12.6. The topological polar surface area (TPSA) is 94.8 Å². The van der Waals surface area contributed by atoms with E-state index in [1.165, 1.54) is 19.2 Å². The fraction of sp³-hybridized carbons (Fsp3) is 0.286. The lowest BCUT2D eigenvalue weighted by molar-refractivity contribution is -0.0500. The summed E-state index contributed by atoms with van der Waals surface area (Å²) >= 11 is 0. The number of carbonyl (C=O) groups is 1. The van der Waals surface area contributed by atoms with Gasteiger partial charge in [-0.05, 0) is 36.2 Å². The van der Waals surface area contributed by atoms with E-state index >= 15 is 0 Å². The summed E-state index contributed by atoms with van der Waals surface area (Å²) in [6.45, 7) is 3.57. The quantitative estimate of drug-likeness (QED) is 0.289. The minimum absolute atomic E-state index is 0.00464. The molecule has 1 aromatic heterocycles. The third kappa shape index (κ3) is 5.05. The predicted molar refractivity (Wildman–Crippen MR) is 111 cm³/mol. The number of furan rings is 1. The minimum atomic E-state index is -6.02. The maximum Gasteiger partial charge on any atom is 0.534 e. The Balaban J connectivity index is 2.27. The van der Waals surface area contributed by atoms with Crippen molar-refractivity contribution in [1.29, 1.82) is 0 Å². The van der Waals surface area contributed by atoms with Crippen molar-refractivity contribution in [2.75, 3.05) is 13.7 Å². The number of ether oxygens (including phenoxy) is 1. The Bertz CT molecular complexity index is 1280. The van der Waals surface area contributed by atoms with Crippen molar-refractivity contribution in [1.82, 2.24) is 5.32 Å². The Kier molecular flexibility index (Phi) is 6.59. The number of nitrogens with one attached hydrogen (secondary N) is 1. The largest absolute Gasteiger partial charge is 0.534 e. The second-order valence-corrected chi connectivity index (χ2v) is 8.91. The van der Waals surface area contributed by atoms with Gasteiger partial charge in [0.15, 0.2) is 11.5 Å². The summed E-state index contributed by atoms with van der Waals surface area (Å²) in [5.41, 5.74) is -5.47. The summed E-state index contributed by atoms with van der Waals surface area (Å²) in [7, 11) is -4.70. The number of benzene rings is 2. The second kappa shape index (κ2) is 8.93. The number of halogens is 4. The van der Waals surface area contributed by atoms with Crippen LogP contribution < -0.4 is 14.2 Å². The maximum atomic E-state index is 13.4. The highest BCUT2D eigenvalue weighted by Crippen LogP contribution is 2.41. The first-order chi connectivity index (χ1) is 15.3. The van der Waals surface area contributed by atoms with Gasteiger partial charge in [-0.1, -0.05) is 13.8 Å². The fourth-order valence-electron chi connectivity index (χ4n) is 2.86. The molecule has 33 heavy (non-hydrogen) atoms. The van der Waals surface area contributed by atoms with Crippen molar-refractivity contribution < 1.29 is 44.1 Å². The number of hydrogen-bond acceptors (Lipinski definition) is 6. The maximum absolute atomic E-state index is 13.4. The molecule has 1 N–H and O–H groups in total. The number of rotatable bonds is 7. The van der Waals surface area contributed by atoms with Crippen molar-refractivity contribution in [2.45, 2.75) is 19.4 Å². The van der Waals surface area contributed by atoms with Crippen LogP contribution >= 0.6 is 0 Å². The van der Waals surface area contributed by atoms with E-state index in [9.17, 15) is 30.8 Å². The van der Waals surface area contributed by atoms with Gasteiger partial charge in [-0.15, -0.1) is 0 Å². The number of amides is 1. The molecule has 0 aliphatic heterocycles. The van der Waals surface area contributed by atoms with Crippen LogP contribution in [0, 0.1) is 11.7 Å².